The van der Waals surface area contributed by atoms with E-state index < -0.39 is 22.4 Å². The summed E-state index contributed by atoms with van der Waals surface area (Å²) < 4.78 is 38.0. The van der Waals surface area contributed by atoms with Gasteiger partial charge in [0.05, 0.1) is 10.5 Å². The lowest BCUT2D eigenvalue weighted by Gasteiger charge is -2.22. The Morgan fingerprint density at radius 2 is 2.11 bits per heavy atom. The number of carbonyl (C=O) groups is 1. The Morgan fingerprint density at radius 1 is 1.33 bits per heavy atom. The molecule has 7 nitrogen and oxygen atoms in total. The van der Waals surface area contributed by atoms with Crippen molar-refractivity contribution in [1.29, 1.82) is 0 Å². The Kier molecular flexibility index (Phi) is 7.40. The first kappa shape index (κ1) is 20.9. The number of halogens is 3. The number of piperidine rings is 1. The third-order valence-electron chi connectivity index (χ3n) is 4.46. The van der Waals surface area contributed by atoms with Crippen LogP contribution in [0.2, 0.25) is 0 Å². The second-order valence-electron chi connectivity index (χ2n) is 6.51. The van der Waals surface area contributed by atoms with Gasteiger partial charge in [0, 0.05) is 25.6 Å². The first-order chi connectivity index (χ1) is 12.8. The van der Waals surface area contributed by atoms with Crippen LogP contribution in [0.15, 0.2) is 18.2 Å². The molecule has 1 aromatic carbocycles. The molecule has 1 aliphatic rings. The highest BCUT2D eigenvalue weighted by Gasteiger charge is 2.33. The van der Waals surface area contributed by atoms with Crippen molar-refractivity contribution in [2.24, 2.45) is 5.92 Å². The van der Waals surface area contributed by atoms with Gasteiger partial charge in [0.25, 0.3) is 5.69 Å². The number of alkyl halides is 3. The van der Waals surface area contributed by atoms with Gasteiger partial charge in [0.1, 0.15) is 5.69 Å². The van der Waals surface area contributed by atoms with E-state index in [-0.39, 0.29) is 24.6 Å². The summed E-state index contributed by atoms with van der Waals surface area (Å²) >= 11 is 0. The molecule has 0 aromatic heterocycles. The monoisotopic (exact) mass is 388 g/mol. The summed E-state index contributed by atoms with van der Waals surface area (Å²) in [5.74, 6) is 0.341. The minimum atomic E-state index is -4.66. The number of rotatable bonds is 8. The molecule has 10 heteroatoms. The van der Waals surface area contributed by atoms with Gasteiger partial charge in [-0.3, -0.25) is 14.9 Å². The number of anilines is 1. The van der Waals surface area contributed by atoms with Gasteiger partial charge >= 0.3 is 6.18 Å². The molecule has 1 fully saturated rings. The van der Waals surface area contributed by atoms with Crippen LogP contribution in [0, 0.1) is 16.0 Å². The molecule has 1 heterocycles. The van der Waals surface area contributed by atoms with Crippen molar-refractivity contribution in [3.05, 3.63) is 33.9 Å². The Morgan fingerprint density at radius 3 is 2.74 bits per heavy atom. The first-order valence-corrected chi connectivity index (χ1v) is 8.84. The third kappa shape index (κ3) is 6.70. The van der Waals surface area contributed by atoms with Crippen molar-refractivity contribution in [3.8, 4) is 0 Å². The zero-order valence-corrected chi connectivity index (χ0v) is 14.8. The van der Waals surface area contributed by atoms with E-state index in [2.05, 4.69) is 16.0 Å². The Hall–Kier alpha value is -2.36. The molecule has 1 unspecified atom stereocenters. The third-order valence-corrected chi connectivity index (χ3v) is 4.46. The van der Waals surface area contributed by atoms with E-state index in [1.165, 1.54) is 0 Å². The molecule has 150 valence electrons. The summed E-state index contributed by atoms with van der Waals surface area (Å²) in [5.41, 5.74) is -1.81. The van der Waals surface area contributed by atoms with Gasteiger partial charge in [-0.15, -0.1) is 0 Å². The molecule has 1 amide bonds. The SMILES string of the molecule is O=C(CCNc1ccc(C(F)(F)F)cc1[N+](=O)[O-])NCCC1CCCNC1. The van der Waals surface area contributed by atoms with E-state index in [1.54, 1.807) is 0 Å². The number of nitro groups is 1. The highest BCUT2D eigenvalue weighted by molar-refractivity contribution is 5.76. The number of nitro benzene ring substituents is 1. The number of amides is 1. The average Bonchev–Trinajstić information content (AvgIpc) is 2.61. The van der Waals surface area contributed by atoms with Gasteiger partial charge in [0.2, 0.25) is 5.91 Å². The van der Waals surface area contributed by atoms with Crippen molar-refractivity contribution < 1.29 is 22.9 Å². The minimum Gasteiger partial charge on any atom is -0.379 e. The lowest BCUT2D eigenvalue weighted by atomic mass is 9.96. The maximum atomic E-state index is 12.7. The zero-order valence-electron chi connectivity index (χ0n) is 14.8. The van der Waals surface area contributed by atoms with E-state index in [9.17, 15) is 28.1 Å². The quantitative estimate of drug-likeness (QED) is 0.470. The molecule has 2 rings (SSSR count). The predicted octanol–water partition coefficient (Wildman–Crippen LogP) is 2.92. The maximum absolute atomic E-state index is 12.7. The second-order valence-corrected chi connectivity index (χ2v) is 6.51. The second kappa shape index (κ2) is 9.54. The molecule has 0 spiro atoms. The van der Waals surface area contributed by atoms with E-state index in [4.69, 9.17) is 0 Å². The number of hydrogen-bond donors (Lipinski definition) is 3. The number of nitrogens with zero attached hydrogens (tertiary/aromatic N) is 1. The van der Waals surface area contributed by atoms with Crippen molar-refractivity contribution in [2.75, 3.05) is 31.5 Å². The van der Waals surface area contributed by atoms with Crippen LogP contribution in [0.25, 0.3) is 0 Å². The van der Waals surface area contributed by atoms with Crippen LogP contribution in [0.3, 0.4) is 0 Å². The van der Waals surface area contributed by atoms with Crippen LogP contribution in [0.4, 0.5) is 24.5 Å². The molecular formula is C17H23F3N4O3. The van der Waals surface area contributed by atoms with Crippen LogP contribution in [0.5, 0.6) is 0 Å². The van der Waals surface area contributed by atoms with Crippen LogP contribution < -0.4 is 16.0 Å². The summed E-state index contributed by atoms with van der Waals surface area (Å²) in [6, 6.07) is 2.27. The fourth-order valence-electron chi connectivity index (χ4n) is 2.99. The lowest BCUT2D eigenvalue weighted by molar-refractivity contribution is -0.384. The van der Waals surface area contributed by atoms with Crippen LogP contribution in [-0.4, -0.2) is 37.0 Å². The smallest absolute Gasteiger partial charge is 0.379 e. The molecule has 0 aliphatic carbocycles. The topological polar surface area (TPSA) is 96.3 Å². The molecular weight excluding hydrogens is 365 g/mol. The van der Waals surface area contributed by atoms with Crippen molar-refractivity contribution in [2.45, 2.75) is 31.9 Å². The molecule has 1 aromatic rings. The van der Waals surface area contributed by atoms with Crippen LogP contribution in [0.1, 0.15) is 31.2 Å². The Balaban J connectivity index is 1.78. The standard InChI is InChI=1S/C17H23F3N4O3/c18-17(19,20)13-3-4-14(15(10-13)24(26)27)22-9-6-16(25)23-8-5-12-2-1-7-21-11-12/h3-4,10,12,21-22H,1-2,5-9,11H2,(H,23,25). The number of nitrogens with one attached hydrogen (secondary N) is 3. The molecule has 27 heavy (non-hydrogen) atoms. The van der Waals surface area contributed by atoms with Gasteiger partial charge in [-0.2, -0.15) is 13.2 Å². The largest absolute Gasteiger partial charge is 0.416 e. The lowest BCUT2D eigenvalue weighted by Crippen LogP contribution is -2.33. The summed E-state index contributed by atoms with van der Waals surface area (Å²) in [7, 11) is 0. The fourth-order valence-corrected chi connectivity index (χ4v) is 2.99. The summed E-state index contributed by atoms with van der Waals surface area (Å²) in [6.07, 6.45) is -1.43. The van der Waals surface area contributed by atoms with E-state index in [0.717, 1.165) is 44.5 Å². The number of carbonyl (C=O) groups excluding carboxylic acids is 1. The van der Waals surface area contributed by atoms with Crippen LogP contribution >= 0.6 is 0 Å². The van der Waals surface area contributed by atoms with Gasteiger partial charge < -0.3 is 16.0 Å². The van der Waals surface area contributed by atoms with Crippen LogP contribution in [-0.2, 0) is 11.0 Å². The maximum Gasteiger partial charge on any atom is 0.416 e. The molecule has 0 radical (unpaired) electrons. The van der Waals surface area contributed by atoms with Crippen molar-refractivity contribution in [1.82, 2.24) is 10.6 Å². The van der Waals surface area contributed by atoms with E-state index in [1.807, 2.05) is 0 Å². The van der Waals surface area contributed by atoms with Crippen molar-refractivity contribution in [3.63, 3.8) is 0 Å². The zero-order chi connectivity index (χ0) is 19.9. The van der Waals surface area contributed by atoms with Gasteiger partial charge in [-0.25, -0.2) is 0 Å². The molecule has 1 saturated heterocycles. The first-order valence-electron chi connectivity index (χ1n) is 8.84. The van der Waals surface area contributed by atoms with Gasteiger partial charge in [-0.05, 0) is 50.4 Å². The summed E-state index contributed by atoms with van der Waals surface area (Å²) in [6.45, 7) is 2.63. The highest BCUT2D eigenvalue weighted by Crippen LogP contribution is 2.34. The highest BCUT2D eigenvalue weighted by atomic mass is 19.4. The van der Waals surface area contributed by atoms with Crippen molar-refractivity contribution >= 4 is 17.3 Å². The van der Waals surface area contributed by atoms with Gasteiger partial charge in [0.15, 0.2) is 0 Å². The minimum absolute atomic E-state index is 0.0471. The predicted molar refractivity (Wildman–Crippen MR) is 94.4 cm³/mol. The average molecular weight is 388 g/mol. The summed E-state index contributed by atoms with van der Waals surface area (Å²) in [5, 5.41) is 19.8. The van der Waals surface area contributed by atoms with E-state index >= 15 is 0 Å². The van der Waals surface area contributed by atoms with E-state index in [0.29, 0.717) is 18.5 Å². The number of hydrogen-bond acceptors (Lipinski definition) is 5. The molecule has 1 aliphatic heterocycles. The summed E-state index contributed by atoms with van der Waals surface area (Å²) in [4.78, 5) is 22.0. The Bertz CT molecular complexity index is 661. The Labute approximate surface area is 154 Å². The number of benzene rings is 1. The van der Waals surface area contributed by atoms with Gasteiger partial charge in [-0.1, -0.05) is 0 Å². The fraction of sp³-hybridized carbons (Fsp3) is 0.588. The molecule has 1 atom stereocenters. The molecule has 0 bridgehead atoms. The normalized spacial score (nSPS) is 17.4. The molecule has 3 N–H and O–H groups in total. The molecule has 0 saturated carbocycles.